The van der Waals surface area contributed by atoms with Gasteiger partial charge < -0.3 is 19.7 Å². The van der Waals surface area contributed by atoms with Gasteiger partial charge in [-0.25, -0.2) is 4.79 Å². The van der Waals surface area contributed by atoms with Crippen molar-refractivity contribution in [3.63, 3.8) is 0 Å². The molecule has 0 fully saturated rings. The molecular formula is C25H30O5. The zero-order valence-corrected chi connectivity index (χ0v) is 18.2. The van der Waals surface area contributed by atoms with E-state index in [1.807, 2.05) is 51.1 Å². The number of rotatable bonds is 6. The molecule has 0 radical (unpaired) electrons. The highest BCUT2D eigenvalue weighted by molar-refractivity contribution is 5.81. The van der Waals surface area contributed by atoms with Crippen molar-refractivity contribution in [3.05, 3.63) is 65.3 Å². The number of hydrogen-bond acceptors (Lipinski definition) is 4. The molecule has 0 spiro atoms. The van der Waals surface area contributed by atoms with Crippen LogP contribution in [0, 0.1) is 17.3 Å². The molecule has 30 heavy (non-hydrogen) atoms. The summed E-state index contributed by atoms with van der Waals surface area (Å²) in [6.45, 7) is 7.79. The zero-order chi connectivity index (χ0) is 22.4. The Hall–Kier alpha value is -2.81. The van der Waals surface area contributed by atoms with Crippen molar-refractivity contribution in [2.75, 3.05) is 13.7 Å². The standard InChI is InChI=1S/C25H30O5/c1-18(15-23(26)27)12-13-25(28)19(2)16-22(17-24(25,3)4)30-14-6-7-20-8-10-21(29-5)11-9-20/h8-13,15-16,22,28H,14,17H2,1-5H3,(H,26,27)/b13-12+,18-15-/t22-,25-/m1/s1. The number of carboxylic acid groups (broad SMARTS) is 1. The molecule has 1 aromatic carbocycles. The van der Waals surface area contributed by atoms with Crippen molar-refractivity contribution in [1.29, 1.82) is 0 Å². The number of methoxy groups -OCH3 is 1. The van der Waals surface area contributed by atoms with Gasteiger partial charge in [0.05, 0.1) is 13.2 Å². The van der Waals surface area contributed by atoms with Gasteiger partial charge in [0.1, 0.15) is 18.0 Å². The van der Waals surface area contributed by atoms with E-state index in [1.165, 1.54) is 0 Å². The predicted octanol–water partition coefficient (Wildman–Crippen LogP) is 4.13. The largest absolute Gasteiger partial charge is 0.497 e. The highest BCUT2D eigenvalue weighted by atomic mass is 16.5. The van der Waals surface area contributed by atoms with E-state index in [0.29, 0.717) is 12.0 Å². The fourth-order valence-corrected chi connectivity index (χ4v) is 3.58. The maximum atomic E-state index is 11.3. The van der Waals surface area contributed by atoms with Crippen molar-refractivity contribution < 1.29 is 24.5 Å². The number of hydrogen-bond donors (Lipinski definition) is 2. The molecule has 1 aliphatic rings. The molecule has 0 aromatic heterocycles. The number of allylic oxidation sites excluding steroid dienone is 2. The second-order valence-electron chi connectivity index (χ2n) is 8.14. The number of benzene rings is 1. The molecule has 0 saturated carbocycles. The summed E-state index contributed by atoms with van der Waals surface area (Å²) in [4.78, 5) is 10.8. The minimum atomic E-state index is -1.19. The van der Waals surface area contributed by atoms with Crippen LogP contribution in [0.1, 0.15) is 39.7 Å². The molecular weight excluding hydrogens is 380 g/mol. The van der Waals surface area contributed by atoms with E-state index >= 15 is 0 Å². The van der Waals surface area contributed by atoms with E-state index in [4.69, 9.17) is 14.6 Å². The lowest BCUT2D eigenvalue weighted by Crippen LogP contribution is -2.49. The predicted molar refractivity (Wildman–Crippen MR) is 117 cm³/mol. The molecule has 2 N–H and O–H groups in total. The minimum Gasteiger partial charge on any atom is -0.497 e. The van der Waals surface area contributed by atoms with Gasteiger partial charge >= 0.3 is 5.97 Å². The molecule has 0 amide bonds. The van der Waals surface area contributed by atoms with Crippen molar-refractivity contribution in [1.82, 2.24) is 0 Å². The maximum absolute atomic E-state index is 11.3. The third-order valence-electron chi connectivity index (χ3n) is 5.41. The molecule has 5 heteroatoms. The van der Waals surface area contributed by atoms with Crippen LogP contribution in [0.3, 0.4) is 0 Å². The molecule has 160 valence electrons. The summed E-state index contributed by atoms with van der Waals surface area (Å²) in [5, 5.41) is 20.2. The molecule has 0 aliphatic heterocycles. The number of aliphatic hydroxyl groups is 1. The van der Waals surface area contributed by atoms with Crippen molar-refractivity contribution >= 4 is 5.97 Å². The molecule has 0 bridgehead atoms. The molecule has 2 atom stereocenters. The Morgan fingerprint density at radius 1 is 1.30 bits per heavy atom. The first-order valence-electron chi connectivity index (χ1n) is 9.83. The van der Waals surface area contributed by atoms with Gasteiger partial charge in [-0.15, -0.1) is 0 Å². The van der Waals surface area contributed by atoms with E-state index < -0.39 is 17.0 Å². The van der Waals surface area contributed by atoms with Crippen LogP contribution in [0.2, 0.25) is 0 Å². The Bertz CT molecular complexity index is 909. The van der Waals surface area contributed by atoms with E-state index in [1.54, 1.807) is 26.2 Å². The number of aliphatic carboxylic acids is 1. The van der Waals surface area contributed by atoms with E-state index in [9.17, 15) is 9.90 Å². The average molecular weight is 411 g/mol. The van der Waals surface area contributed by atoms with Crippen molar-refractivity contribution in [3.8, 4) is 17.6 Å². The monoisotopic (exact) mass is 410 g/mol. The molecule has 0 saturated heterocycles. The Labute approximate surface area is 178 Å². The van der Waals surface area contributed by atoms with Crippen LogP contribution in [0.5, 0.6) is 5.75 Å². The summed E-state index contributed by atoms with van der Waals surface area (Å²) in [6, 6.07) is 7.52. The van der Waals surface area contributed by atoms with Crippen molar-refractivity contribution in [2.45, 2.75) is 45.8 Å². The number of ether oxygens (including phenoxy) is 2. The number of carbonyl (C=O) groups is 1. The normalized spacial score (nSPS) is 23.5. The zero-order valence-electron chi connectivity index (χ0n) is 18.2. The number of carboxylic acids is 1. The summed E-state index contributed by atoms with van der Waals surface area (Å²) >= 11 is 0. The summed E-state index contributed by atoms with van der Waals surface area (Å²) in [6.07, 6.45) is 6.80. The SMILES string of the molecule is COc1ccc(C#CCO[C@@H]2C=C(C)[C@](O)(/C=C/C(C)=C\C(=O)O)C(C)(C)C2)cc1. The second-order valence-corrected chi connectivity index (χ2v) is 8.14. The van der Waals surface area contributed by atoms with Crippen LogP contribution in [-0.4, -0.2) is 41.6 Å². The Morgan fingerprint density at radius 3 is 2.53 bits per heavy atom. The lowest BCUT2D eigenvalue weighted by Gasteiger charge is -2.46. The maximum Gasteiger partial charge on any atom is 0.328 e. The van der Waals surface area contributed by atoms with Gasteiger partial charge in [-0.05, 0) is 61.8 Å². The van der Waals surface area contributed by atoms with E-state index in [2.05, 4.69) is 11.8 Å². The Balaban J connectivity index is 2.07. The third-order valence-corrected chi connectivity index (χ3v) is 5.41. The third kappa shape index (κ3) is 5.85. The first-order chi connectivity index (χ1) is 14.1. The Morgan fingerprint density at radius 2 is 1.97 bits per heavy atom. The molecule has 2 rings (SSSR count). The fourth-order valence-electron chi connectivity index (χ4n) is 3.58. The van der Waals surface area contributed by atoms with Crippen LogP contribution < -0.4 is 4.74 Å². The van der Waals surface area contributed by atoms with Crippen LogP contribution in [0.25, 0.3) is 0 Å². The van der Waals surface area contributed by atoms with Gasteiger partial charge in [0.25, 0.3) is 0 Å². The van der Waals surface area contributed by atoms with Crippen LogP contribution in [0.4, 0.5) is 0 Å². The second kappa shape index (κ2) is 9.80. The summed E-state index contributed by atoms with van der Waals surface area (Å²) in [5.41, 5.74) is 0.534. The van der Waals surface area contributed by atoms with Crippen LogP contribution in [0.15, 0.2) is 59.7 Å². The summed E-state index contributed by atoms with van der Waals surface area (Å²) in [5.74, 6) is 5.87. The highest BCUT2D eigenvalue weighted by Gasteiger charge is 2.47. The van der Waals surface area contributed by atoms with E-state index in [0.717, 1.165) is 23.0 Å². The highest BCUT2D eigenvalue weighted by Crippen LogP contribution is 2.46. The molecule has 0 heterocycles. The lowest BCUT2D eigenvalue weighted by atomic mass is 9.64. The van der Waals surface area contributed by atoms with Gasteiger partial charge in [0, 0.05) is 17.1 Å². The van der Waals surface area contributed by atoms with Gasteiger partial charge in [-0.1, -0.05) is 37.8 Å². The molecule has 1 aromatic rings. The van der Waals surface area contributed by atoms with Crippen LogP contribution >= 0.6 is 0 Å². The quantitative estimate of drug-likeness (QED) is 0.319. The van der Waals surface area contributed by atoms with Gasteiger partial charge in [0.2, 0.25) is 0 Å². The first-order valence-corrected chi connectivity index (χ1v) is 9.83. The van der Waals surface area contributed by atoms with Gasteiger partial charge in [-0.3, -0.25) is 0 Å². The van der Waals surface area contributed by atoms with Gasteiger partial charge in [0.15, 0.2) is 0 Å². The molecule has 5 nitrogen and oxygen atoms in total. The van der Waals surface area contributed by atoms with Gasteiger partial charge in [-0.2, -0.15) is 0 Å². The summed E-state index contributed by atoms with van der Waals surface area (Å²) in [7, 11) is 1.63. The smallest absolute Gasteiger partial charge is 0.328 e. The molecule has 0 unspecified atom stereocenters. The fraction of sp³-hybridized carbons (Fsp3) is 0.400. The lowest BCUT2D eigenvalue weighted by molar-refractivity contribution is -0.131. The first kappa shape index (κ1) is 23.5. The Kier molecular flexibility index (Phi) is 7.66. The topological polar surface area (TPSA) is 76.0 Å². The van der Waals surface area contributed by atoms with E-state index in [-0.39, 0.29) is 12.7 Å². The minimum absolute atomic E-state index is 0.158. The molecule has 1 aliphatic carbocycles. The average Bonchev–Trinajstić information content (AvgIpc) is 2.67. The van der Waals surface area contributed by atoms with Crippen LogP contribution in [-0.2, 0) is 9.53 Å². The van der Waals surface area contributed by atoms with Crippen molar-refractivity contribution in [2.24, 2.45) is 5.41 Å². The summed E-state index contributed by atoms with van der Waals surface area (Å²) < 4.78 is 11.1.